The zero-order valence-electron chi connectivity index (χ0n) is 13.5. The first-order chi connectivity index (χ1) is 10.9. The first-order valence-electron chi connectivity index (χ1n) is 7.84. The zero-order chi connectivity index (χ0) is 17.0. The van der Waals surface area contributed by atoms with Crippen LogP contribution in [-0.2, 0) is 16.1 Å². The van der Waals surface area contributed by atoms with Crippen molar-refractivity contribution in [3.05, 3.63) is 35.6 Å². The van der Waals surface area contributed by atoms with E-state index in [4.69, 9.17) is 5.11 Å². The monoisotopic (exact) mass is 322 g/mol. The summed E-state index contributed by atoms with van der Waals surface area (Å²) in [6.45, 7) is 3.54. The number of benzene rings is 1. The van der Waals surface area contributed by atoms with Crippen LogP contribution in [0.2, 0.25) is 0 Å². The summed E-state index contributed by atoms with van der Waals surface area (Å²) < 4.78 is 13.3. The number of hydrogen-bond acceptors (Lipinski definition) is 3. The highest BCUT2D eigenvalue weighted by Gasteiger charge is 2.31. The smallest absolute Gasteiger partial charge is 0.326 e. The predicted octanol–water partition coefficient (Wildman–Crippen LogP) is 1.97. The van der Waals surface area contributed by atoms with E-state index < -0.39 is 12.0 Å². The molecule has 1 saturated heterocycles. The molecule has 1 amide bonds. The number of carbonyl (C=O) groups excluding carboxylic acids is 1. The summed E-state index contributed by atoms with van der Waals surface area (Å²) in [5.41, 5.74) is 0.880. The Bertz CT molecular complexity index is 579. The van der Waals surface area contributed by atoms with E-state index >= 15 is 0 Å². The molecule has 1 aromatic rings. The van der Waals surface area contributed by atoms with E-state index in [2.05, 4.69) is 4.90 Å². The third-order valence-electron chi connectivity index (χ3n) is 4.44. The number of carboxylic acids is 1. The standard InChI is InChI=1S/C17H23FN2O3/c1-12(17(22)23)19(2)16(21)14-6-4-8-20(11-14)10-13-5-3-7-15(18)9-13/h3,5,7,9,12,14H,4,6,8,10-11H2,1-2H3,(H,22,23)/t12-,14-/m0/s1. The third-order valence-corrected chi connectivity index (χ3v) is 4.44. The lowest BCUT2D eigenvalue weighted by Crippen LogP contribution is -2.47. The number of carbonyl (C=O) groups is 2. The summed E-state index contributed by atoms with van der Waals surface area (Å²) in [5, 5.41) is 9.03. The largest absolute Gasteiger partial charge is 0.480 e. The number of carboxylic acid groups (broad SMARTS) is 1. The van der Waals surface area contributed by atoms with Gasteiger partial charge in [0.05, 0.1) is 5.92 Å². The first-order valence-corrected chi connectivity index (χ1v) is 7.84. The van der Waals surface area contributed by atoms with Gasteiger partial charge in [-0.2, -0.15) is 0 Å². The van der Waals surface area contributed by atoms with E-state index in [-0.39, 0.29) is 17.6 Å². The van der Waals surface area contributed by atoms with Crippen LogP contribution in [0.15, 0.2) is 24.3 Å². The van der Waals surface area contributed by atoms with Crippen LogP contribution in [0.3, 0.4) is 0 Å². The summed E-state index contributed by atoms with van der Waals surface area (Å²) in [5.74, 6) is -1.61. The first kappa shape index (κ1) is 17.4. The molecule has 0 aliphatic carbocycles. The van der Waals surface area contributed by atoms with Gasteiger partial charge in [0.15, 0.2) is 0 Å². The average Bonchev–Trinajstić information content (AvgIpc) is 2.53. The normalized spacial score (nSPS) is 20.0. The molecule has 0 bridgehead atoms. The number of rotatable bonds is 5. The molecule has 0 radical (unpaired) electrons. The number of hydrogen-bond donors (Lipinski definition) is 1. The number of halogens is 1. The zero-order valence-corrected chi connectivity index (χ0v) is 13.5. The van der Waals surface area contributed by atoms with E-state index in [9.17, 15) is 14.0 Å². The molecule has 1 aliphatic rings. The fourth-order valence-electron chi connectivity index (χ4n) is 2.94. The van der Waals surface area contributed by atoms with Gasteiger partial charge in [0.25, 0.3) is 0 Å². The molecule has 0 aromatic heterocycles. The maximum absolute atomic E-state index is 13.3. The fourth-order valence-corrected chi connectivity index (χ4v) is 2.94. The van der Waals surface area contributed by atoms with Crippen molar-refractivity contribution in [3.63, 3.8) is 0 Å². The van der Waals surface area contributed by atoms with Crippen molar-refractivity contribution >= 4 is 11.9 Å². The van der Waals surface area contributed by atoms with Crippen LogP contribution in [0.1, 0.15) is 25.3 Å². The summed E-state index contributed by atoms with van der Waals surface area (Å²) in [7, 11) is 1.53. The van der Waals surface area contributed by atoms with Crippen LogP contribution >= 0.6 is 0 Å². The highest BCUT2D eigenvalue weighted by Crippen LogP contribution is 2.21. The van der Waals surface area contributed by atoms with E-state index in [1.807, 2.05) is 6.07 Å². The molecule has 2 atom stereocenters. The summed E-state index contributed by atoms with van der Waals surface area (Å²) in [4.78, 5) is 26.9. The van der Waals surface area contributed by atoms with Crippen molar-refractivity contribution in [2.45, 2.75) is 32.4 Å². The molecular weight excluding hydrogens is 299 g/mol. The van der Waals surface area contributed by atoms with Gasteiger partial charge >= 0.3 is 5.97 Å². The van der Waals surface area contributed by atoms with Crippen LogP contribution in [0.25, 0.3) is 0 Å². The van der Waals surface area contributed by atoms with Gasteiger partial charge in [0.1, 0.15) is 11.9 Å². The molecule has 0 saturated carbocycles. The Morgan fingerprint density at radius 3 is 2.87 bits per heavy atom. The van der Waals surface area contributed by atoms with Crippen LogP contribution in [0.4, 0.5) is 4.39 Å². The minimum Gasteiger partial charge on any atom is -0.480 e. The van der Waals surface area contributed by atoms with Gasteiger partial charge in [-0.05, 0) is 44.0 Å². The Hall–Kier alpha value is -1.95. The lowest BCUT2D eigenvalue weighted by Gasteiger charge is -2.34. The Morgan fingerprint density at radius 2 is 2.22 bits per heavy atom. The van der Waals surface area contributed by atoms with E-state index in [1.54, 1.807) is 6.07 Å². The number of likely N-dealkylation sites (tertiary alicyclic amines) is 1. The molecule has 0 spiro atoms. The number of piperidine rings is 1. The van der Waals surface area contributed by atoms with Crippen LogP contribution in [-0.4, -0.2) is 53.0 Å². The minimum atomic E-state index is -1.01. The predicted molar refractivity (Wildman–Crippen MR) is 84.3 cm³/mol. The average molecular weight is 322 g/mol. The second-order valence-electron chi connectivity index (χ2n) is 6.17. The molecule has 5 nitrogen and oxygen atoms in total. The quantitative estimate of drug-likeness (QED) is 0.900. The van der Waals surface area contributed by atoms with E-state index in [0.717, 1.165) is 24.9 Å². The van der Waals surface area contributed by atoms with Crippen molar-refractivity contribution in [1.82, 2.24) is 9.80 Å². The van der Waals surface area contributed by atoms with Crippen molar-refractivity contribution in [1.29, 1.82) is 0 Å². The topological polar surface area (TPSA) is 60.9 Å². The lowest BCUT2D eigenvalue weighted by atomic mass is 9.95. The Balaban J connectivity index is 1.97. The van der Waals surface area contributed by atoms with E-state index in [0.29, 0.717) is 13.1 Å². The SMILES string of the molecule is C[C@@H](C(=O)O)N(C)C(=O)[C@H]1CCCN(Cc2cccc(F)c2)C1. The molecule has 1 heterocycles. The third kappa shape index (κ3) is 4.51. The van der Waals surface area contributed by atoms with Gasteiger partial charge in [-0.3, -0.25) is 9.69 Å². The van der Waals surface area contributed by atoms with Gasteiger partial charge < -0.3 is 10.0 Å². The molecule has 23 heavy (non-hydrogen) atoms. The Morgan fingerprint density at radius 1 is 1.48 bits per heavy atom. The second-order valence-corrected chi connectivity index (χ2v) is 6.17. The van der Waals surface area contributed by atoms with E-state index in [1.165, 1.54) is 31.0 Å². The van der Waals surface area contributed by atoms with Gasteiger partial charge in [0, 0.05) is 20.1 Å². The number of aliphatic carboxylic acids is 1. The molecule has 1 fully saturated rings. The maximum Gasteiger partial charge on any atom is 0.326 e. The molecular formula is C17H23FN2O3. The highest BCUT2D eigenvalue weighted by atomic mass is 19.1. The molecule has 1 aromatic carbocycles. The maximum atomic E-state index is 13.3. The van der Waals surface area contributed by atoms with Crippen LogP contribution < -0.4 is 0 Å². The molecule has 0 unspecified atom stereocenters. The van der Waals surface area contributed by atoms with Gasteiger partial charge in [-0.1, -0.05) is 12.1 Å². The van der Waals surface area contributed by atoms with Crippen LogP contribution in [0, 0.1) is 11.7 Å². The molecule has 2 rings (SSSR count). The minimum absolute atomic E-state index is 0.135. The second kappa shape index (κ2) is 7.55. The van der Waals surface area contributed by atoms with Crippen LogP contribution in [0.5, 0.6) is 0 Å². The molecule has 6 heteroatoms. The summed E-state index contributed by atoms with van der Waals surface area (Å²) in [6.07, 6.45) is 1.64. The molecule has 126 valence electrons. The van der Waals surface area contributed by atoms with Crippen molar-refractivity contribution < 1.29 is 19.1 Å². The van der Waals surface area contributed by atoms with Crippen molar-refractivity contribution in [2.75, 3.05) is 20.1 Å². The number of likely N-dealkylation sites (N-methyl/N-ethyl adjacent to an activating group) is 1. The van der Waals surface area contributed by atoms with Gasteiger partial charge in [-0.25, -0.2) is 9.18 Å². The van der Waals surface area contributed by atoms with Gasteiger partial charge in [0.2, 0.25) is 5.91 Å². The van der Waals surface area contributed by atoms with Gasteiger partial charge in [-0.15, -0.1) is 0 Å². The highest BCUT2D eigenvalue weighted by molar-refractivity contribution is 5.84. The van der Waals surface area contributed by atoms with Crippen molar-refractivity contribution in [3.8, 4) is 0 Å². The lowest BCUT2D eigenvalue weighted by molar-refractivity contribution is -0.150. The Labute approximate surface area is 135 Å². The summed E-state index contributed by atoms with van der Waals surface area (Å²) in [6, 6.07) is 5.63. The molecule has 1 N–H and O–H groups in total. The molecule has 1 aliphatic heterocycles. The Kier molecular flexibility index (Phi) is 5.71. The number of nitrogens with zero attached hydrogens (tertiary/aromatic N) is 2. The fraction of sp³-hybridized carbons (Fsp3) is 0.529. The van der Waals surface area contributed by atoms with Crippen molar-refractivity contribution in [2.24, 2.45) is 5.92 Å². The number of amides is 1. The summed E-state index contributed by atoms with van der Waals surface area (Å²) >= 11 is 0.